The molecule has 0 aliphatic rings. The van der Waals surface area contributed by atoms with E-state index < -0.39 is 17.4 Å². The van der Waals surface area contributed by atoms with Gasteiger partial charge in [0.05, 0.1) is 0 Å². The molecule has 0 N–H and O–H groups in total. The van der Waals surface area contributed by atoms with Crippen LogP contribution in [-0.4, -0.2) is 17.4 Å². The average molecular weight is 246 g/mol. The van der Waals surface area contributed by atoms with Crippen molar-refractivity contribution in [2.24, 2.45) is 0 Å². The normalized spacial score (nSPS) is 12.4. The molecule has 4 nitrogen and oxygen atoms in total. The van der Waals surface area contributed by atoms with E-state index in [4.69, 9.17) is 14.5 Å². The van der Waals surface area contributed by atoms with Crippen LogP contribution < -0.4 is 0 Å². The van der Waals surface area contributed by atoms with Gasteiger partial charge in [-0.1, -0.05) is 27.7 Å². The van der Waals surface area contributed by atoms with Crippen LogP contribution in [0.2, 0.25) is 0 Å². The summed E-state index contributed by atoms with van der Waals surface area (Å²) in [5, 5.41) is 0. The summed E-state index contributed by atoms with van der Waals surface area (Å²) in [6.07, 6.45) is 2.31. The minimum absolute atomic E-state index is 0.434. The summed E-state index contributed by atoms with van der Waals surface area (Å²) in [4.78, 5) is 21.3. The highest BCUT2D eigenvalue weighted by Crippen LogP contribution is 2.25. The molecule has 0 aromatic heterocycles. The smallest absolute Gasteiger partial charge is 0.426 e. The molecule has 0 bridgehead atoms. The van der Waals surface area contributed by atoms with Gasteiger partial charge in [-0.2, -0.15) is 4.89 Å². The minimum atomic E-state index is -0.753. The molecular formula is C13H26O4. The Hall–Kier alpha value is -0.770. The lowest BCUT2D eigenvalue weighted by molar-refractivity contribution is -0.322. The Balaban J connectivity index is 4.26. The molecule has 0 spiro atoms. The third-order valence-corrected chi connectivity index (χ3v) is 3.42. The fourth-order valence-corrected chi connectivity index (χ4v) is 1.37. The standard InChI is InChI=1S/C13H26O4/c1-7-12(5,6)17-16-11(14)15-13(8-2,9-3)10-4/h7-10H2,1-6H3. The molecule has 0 heterocycles. The van der Waals surface area contributed by atoms with Gasteiger partial charge in [0.25, 0.3) is 0 Å². The Labute approximate surface area is 105 Å². The number of ether oxygens (including phenoxy) is 1. The van der Waals surface area contributed by atoms with E-state index in [-0.39, 0.29) is 0 Å². The average Bonchev–Trinajstić information content (AvgIpc) is 2.34. The van der Waals surface area contributed by atoms with Crippen molar-refractivity contribution in [2.45, 2.75) is 78.4 Å². The number of carbonyl (C=O) groups excluding carboxylic acids is 1. The zero-order chi connectivity index (χ0) is 13.5. The maximum Gasteiger partial charge on any atom is 0.541 e. The first-order valence-electron chi connectivity index (χ1n) is 6.43. The molecule has 0 unspecified atom stereocenters. The first-order chi connectivity index (χ1) is 7.84. The summed E-state index contributed by atoms with van der Waals surface area (Å²) in [7, 11) is 0. The van der Waals surface area contributed by atoms with E-state index in [1.54, 1.807) is 0 Å². The third-order valence-electron chi connectivity index (χ3n) is 3.42. The van der Waals surface area contributed by atoms with Gasteiger partial charge in [0.1, 0.15) is 11.2 Å². The van der Waals surface area contributed by atoms with E-state index in [0.717, 1.165) is 25.7 Å². The molecular weight excluding hydrogens is 220 g/mol. The molecule has 0 radical (unpaired) electrons. The largest absolute Gasteiger partial charge is 0.541 e. The number of hydrogen-bond donors (Lipinski definition) is 0. The zero-order valence-corrected chi connectivity index (χ0v) is 12.0. The van der Waals surface area contributed by atoms with Crippen LogP contribution in [0.15, 0.2) is 0 Å². The Morgan fingerprint density at radius 3 is 1.76 bits per heavy atom. The van der Waals surface area contributed by atoms with Crippen LogP contribution in [0, 0.1) is 0 Å². The van der Waals surface area contributed by atoms with Crippen LogP contribution >= 0.6 is 0 Å². The second-order valence-corrected chi connectivity index (χ2v) is 4.88. The van der Waals surface area contributed by atoms with Gasteiger partial charge in [-0.25, -0.2) is 4.79 Å². The molecule has 0 aliphatic carbocycles. The van der Waals surface area contributed by atoms with Crippen LogP contribution in [0.1, 0.15) is 67.2 Å². The molecule has 0 aliphatic heterocycles. The van der Waals surface area contributed by atoms with Crippen molar-refractivity contribution >= 4 is 6.16 Å². The van der Waals surface area contributed by atoms with Crippen molar-refractivity contribution < 1.29 is 19.3 Å². The minimum Gasteiger partial charge on any atom is -0.426 e. The van der Waals surface area contributed by atoms with Crippen molar-refractivity contribution in [2.75, 3.05) is 0 Å². The van der Waals surface area contributed by atoms with Crippen molar-refractivity contribution in [1.82, 2.24) is 0 Å². The molecule has 4 heteroatoms. The van der Waals surface area contributed by atoms with Gasteiger partial charge in [0.15, 0.2) is 0 Å². The molecule has 102 valence electrons. The Morgan fingerprint density at radius 1 is 0.941 bits per heavy atom. The summed E-state index contributed by atoms with van der Waals surface area (Å²) in [6, 6.07) is 0. The van der Waals surface area contributed by atoms with Crippen LogP contribution in [0.4, 0.5) is 4.79 Å². The Bertz CT molecular complexity index is 223. The lowest BCUT2D eigenvalue weighted by Gasteiger charge is -2.30. The van der Waals surface area contributed by atoms with Gasteiger partial charge in [-0.15, -0.1) is 0 Å². The quantitative estimate of drug-likeness (QED) is 0.383. The molecule has 17 heavy (non-hydrogen) atoms. The lowest BCUT2D eigenvalue weighted by Crippen LogP contribution is -2.34. The van der Waals surface area contributed by atoms with E-state index in [1.165, 1.54) is 0 Å². The van der Waals surface area contributed by atoms with Crippen molar-refractivity contribution in [3.05, 3.63) is 0 Å². The highest BCUT2D eigenvalue weighted by Gasteiger charge is 2.30. The fraction of sp³-hybridized carbons (Fsp3) is 0.923. The molecule has 0 aromatic rings. The van der Waals surface area contributed by atoms with Crippen LogP contribution in [0.5, 0.6) is 0 Å². The molecule has 0 atom stereocenters. The molecule has 0 saturated heterocycles. The van der Waals surface area contributed by atoms with E-state index in [1.807, 2.05) is 41.5 Å². The number of carbonyl (C=O) groups is 1. The highest BCUT2D eigenvalue weighted by atomic mass is 17.2. The topological polar surface area (TPSA) is 44.8 Å². The van der Waals surface area contributed by atoms with Gasteiger partial charge in [0, 0.05) is 0 Å². The maximum absolute atomic E-state index is 11.5. The van der Waals surface area contributed by atoms with Gasteiger partial charge < -0.3 is 4.74 Å². The van der Waals surface area contributed by atoms with Crippen LogP contribution in [0.3, 0.4) is 0 Å². The van der Waals surface area contributed by atoms with Crippen molar-refractivity contribution in [3.63, 3.8) is 0 Å². The van der Waals surface area contributed by atoms with Crippen molar-refractivity contribution in [3.8, 4) is 0 Å². The predicted molar refractivity (Wildman–Crippen MR) is 66.6 cm³/mol. The number of hydrogen-bond acceptors (Lipinski definition) is 4. The molecule has 0 aromatic carbocycles. The lowest BCUT2D eigenvalue weighted by atomic mass is 9.94. The van der Waals surface area contributed by atoms with Crippen LogP contribution in [-0.2, 0) is 14.5 Å². The zero-order valence-electron chi connectivity index (χ0n) is 12.0. The SMILES string of the molecule is CCC(C)(C)OOC(=O)OC(CC)(CC)CC. The second kappa shape index (κ2) is 6.84. The van der Waals surface area contributed by atoms with Crippen molar-refractivity contribution in [1.29, 1.82) is 0 Å². The van der Waals surface area contributed by atoms with E-state index in [0.29, 0.717) is 0 Å². The molecule has 0 amide bonds. The highest BCUT2D eigenvalue weighted by molar-refractivity contribution is 5.59. The van der Waals surface area contributed by atoms with Crippen LogP contribution in [0.25, 0.3) is 0 Å². The summed E-state index contributed by atoms with van der Waals surface area (Å²) in [5.74, 6) is 0. The van der Waals surface area contributed by atoms with Gasteiger partial charge in [0.2, 0.25) is 0 Å². The van der Waals surface area contributed by atoms with E-state index in [2.05, 4.69) is 0 Å². The van der Waals surface area contributed by atoms with Gasteiger partial charge in [-0.3, -0.25) is 4.89 Å². The first-order valence-corrected chi connectivity index (χ1v) is 6.43. The first kappa shape index (κ1) is 16.2. The summed E-state index contributed by atoms with van der Waals surface area (Å²) in [6.45, 7) is 11.7. The molecule has 0 fully saturated rings. The van der Waals surface area contributed by atoms with E-state index >= 15 is 0 Å². The Kier molecular flexibility index (Phi) is 6.53. The van der Waals surface area contributed by atoms with Gasteiger partial charge in [-0.05, 0) is 39.5 Å². The Morgan fingerprint density at radius 2 is 1.41 bits per heavy atom. The fourth-order valence-electron chi connectivity index (χ4n) is 1.37. The maximum atomic E-state index is 11.5. The summed E-state index contributed by atoms with van der Waals surface area (Å²) < 4.78 is 5.34. The van der Waals surface area contributed by atoms with Gasteiger partial charge >= 0.3 is 6.16 Å². The summed E-state index contributed by atoms with van der Waals surface area (Å²) in [5.41, 5.74) is -0.914. The third kappa shape index (κ3) is 5.39. The molecule has 0 rings (SSSR count). The number of rotatable bonds is 7. The molecule has 0 saturated carbocycles. The van der Waals surface area contributed by atoms with E-state index in [9.17, 15) is 4.79 Å². The predicted octanol–water partition coefficient (Wildman–Crippen LogP) is 4.23. The summed E-state index contributed by atoms with van der Waals surface area (Å²) >= 11 is 0. The monoisotopic (exact) mass is 246 g/mol. The second-order valence-electron chi connectivity index (χ2n) is 4.88.